The molecule has 1 aromatic carbocycles. The first-order valence-electron chi connectivity index (χ1n) is 8.81. The molecule has 1 aliphatic carbocycles. The first kappa shape index (κ1) is 17.8. The van der Waals surface area contributed by atoms with Gasteiger partial charge >= 0.3 is 0 Å². The zero-order chi connectivity index (χ0) is 19.2. The van der Waals surface area contributed by atoms with Crippen molar-refractivity contribution in [3.8, 4) is 17.0 Å². The molecule has 0 radical (unpaired) electrons. The molecule has 0 saturated heterocycles. The van der Waals surface area contributed by atoms with Gasteiger partial charge in [0.15, 0.2) is 9.84 Å². The summed E-state index contributed by atoms with van der Waals surface area (Å²) in [6, 6.07) is 7.32. The van der Waals surface area contributed by atoms with Crippen molar-refractivity contribution in [1.82, 2.24) is 14.6 Å². The highest BCUT2D eigenvalue weighted by molar-refractivity contribution is 7.89. The maximum Gasteiger partial charge on any atom is 0.288 e. The Morgan fingerprint density at radius 1 is 1.30 bits per heavy atom. The molecular weight excluding hydrogens is 366 g/mol. The number of hydrogen-bond acceptors (Lipinski definition) is 5. The zero-order valence-electron chi connectivity index (χ0n) is 15.2. The topological polar surface area (TPSA) is 93.5 Å². The standard InChI is InChI=1S/C19H21N3O4S/c1-12-7-16(22-11-20-21-19(23)18(12)22)15-8-14(10-27(2,24)25)5-6-17(15)26-9-13-3-4-13/h5-8,11,13H,3-4,9-10H2,1-2H3,(H,21,23). The van der Waals surface area contributed by atoms with Gasteiger partial charge in [0, 0.05) is 11.8 Å². The molecule has 0 atom stereocenters. The van der Waals surface area contributed by atoms with Crippen LogP contribution in [0.4, 0.5) is 0 Å². The van der Waals surface area contributed by atoms with E-state index in [1.807, 2.05) is 25.1 Å². The van der Waals surface area contributed by atoms with Gasteiger partial charge in [-0.25, -0.2) is 13.5 Å². The van der Waals surface area contributed by atoms with E-state index in [2.05, 4.69) is 10.2 Å². The molecule has 1 N–H and O–H groups in total. The van der Waals surface area contributed by atoms with Crippen LogP contribution in [0.5, 0.6) is 5.75 Å². The molecule has 2 aromatic heterocycles. The average Bonchev–Trinajstić information content (AvgIpc) is 3.35. The van der Waals surface area contributed by atoms with Crippen molar-refractivity contribution < 1.29 is 13.2 Å². The third-order valence-electron chi connectivity index (χ3n) is 4.70. The van der Waals surface area contributed by atoms with Crippen LogP contribution >= 0.6 is 0 Å². The predicted octanol–water partition coefficient (Wildman–Crippen LogP) is 2.33. The number of benzene rings is 1. The van der Waals surface area contributed by atoms with E-state index in [0.29, 0.717) is 29.4 Å². The molecule has 8 heteroatoms. The Balaban J connectivity index is 1.87. The van der Waals surface area contributed by atoms with Crippen LogP contribution < -0.4 is 10.3 Å². The minimum atomic E-state index is -3.16. The van der Waals surface area contributed by atoms with Crippen LogP contribution in [0.25, 0.3) is 16.8 Å². The Hall–Kier alpha value is -2.61. The lowest BCUT2D eigenvalue weighted by Gasteiger charge is -2.13. The molecule has 0 spiro atoms. The van der Waals surface area contributed by atoms with Gasteiger partial charge in [0.1, 0.15) is 17.6 Å². The monoisotopic (exact) mass is 387 g/mol. The maximum atomic E-state index is 12.2. The van der Waals surface area contributed by atoms with Crippen molar-refractivity contribution in [2.75, 3.05) is 12.9 Å². The van der Waals surface area contributed by atoms with E-state index in [9.17, 15) is 13.2 Å². The highest BCUT2D eigenvalue weighted by Gasteiger charge is 2.23. The molecule has 3 aromatic rings. The van der Waals surface area contributed by atoms with E-state index in [-0.39, 0.29) is 11.3 Å². The summed E-state index contributed by atoms with van der Waals surface area (Å²) in [4.78, 5) is 12.2. The number of nitrogens with one attached hydrogen (secondary N) is 1. The molecule has 1 fully saturated rings. The molecule has 4 rings (SSSR count). The summed E-state index contributed by atoms with van der Waals surface area (Å²) in [6.45, 7) is 2.50. The maximum absolute atomic E-state index is 12.2. The van der Waals surface area contributed by atoms with Gasteiger partial charge in [-0.1, -0.05) is 6.07 Å². The number of sulfone groups is 1. The summed E-state index contributed by atoms with van der Waals surface area (Å²) in [7, 11) is -3.16. The first-order chi connectivity index (χ1) is 12.8. The fourth-order valence-corrected chi connectivity index (χ4v) is 4.04. The third-order valence-corrected chi connectivity index (χ3v) is 5.56. The largest absolute Gasteiger partial charge is 0.493 e. The minimum absolute atomic E-state index is 0.0516. The molecule has 1 saturated carbocycles. The highest BCUT2D eigenvalue weighted by atomic mass is 32.2. The van der Waals surface area contributed by atoms with Crippen LogP contribution in [-0.4, -0.2) is 35.9 Å². The number of aryl methyl sites for hydroxylation is 1. The highest BCUT2D eigenvalue weighted by Crippen LogP contribution is 2.36. The second-order valence-electron chi connectivity index (χ2n) is 7.27. The van der Waals surface area contributed by atoms with Gasteiger partial charge in [-0.15, -0.1) is 0 Å². The van der Waals surface area contributed by atoms with E-state index in [0.717, 1.165) is 16.8 Å². The lowest BCUT2D eigenvalue weighted by atomic mass is 10.1. The Bertz CT molecular complexity index is 1170. The molecule has 27 heavy (non-hydrogen) atoms. The molecule has 1 aliphatic rings. The van der Waals surface area contributed by atoms with Crippen LogP contribution in [0, 0.1) is 12.8 Å². The predicted molar refractivity (Wildman–Crippen MR) is 103 cm³/mol. The van der Waals surface area contributed by atoms with Gasteiger partial charge in [-0.2, -0.15) is 5.10 Å². The summed E-state index contributed by atoms with van der Waals surface area (Å²) in [5.74, 6) is 1.21. The van der Waals surface area contributed by atoms with Gasteiger partial charge in [0.05, 0.1) is 18.1 Å². The van der Waals surface area contributed by atoms with Crippen LogP contribution in [0.15, 0.2) is 35.4 Å². The number of aromatic nitrogens is 3. The number of H-pyrrole nitrogens is 1. The second kappa shape index (κ2) is 6.53. The average molecular weight is 387 g/mol. The number of nitrogens with zero attached hydrogens (tertiary/aromatic N) is 2. The number of ether oxygens (including phenoxy) is 1. The summed E-state index contributed by atoms with van der Waals surface area (Å²) in [6.07, 6.45) is 5.11. The number of hydrogen-bond donors (Lipinski definition) is 1. The fourth-order valence-electron chi connectivity index (χ4n) is 3.26. The summed E-state index contributed by atoms with van der Waals surface area (Å²) >= 11 is 0. The summed E-state index contributed by atoms with van der Waals surface area (Å²) in [5.41, 5.74) is 3.25. The van der Waals surface area contributed by atoms with Crippen molar-refractivity contribution in [2.45, 2.75) is 25.5 Å². The van der Waals surface area contributed by atoms with E-state index in [1.165, 1.54) is 19.1 Å². The van der Waals surface area contributed by atoms with Gasteiger partial charge in [0.25, 0.3) is 5.56 Å². The van der Waals surface area contributed by atoms with Crippen molar-refractivity contribution >= 4 is 15.4 Å². The molecule has 2 heterocycles. The van der Waals surface area contributed by atoms with Crippen molar-refractivity contribution in [2.24, 2.45) is 5.92 Å². The fraction of sp³-hybridized carbons (Fsp3) is 0.368. The third kappa shape index (κ3) is 3.75. The number of rotatable bonds is 6. The molecule has 7 nitrogen and oxygen atoms in total. The lowest BCUT2D eigenvalue weighted by molar-refractivity contribution is 0.301. The van der Waals surface area contributed by atoms with Gasteiger partial charge in [0.2, 0.25) is 0 Å². The van der Waals surface area contributed by atoms with E-state index >= 15 is 0 Å². The van der Waals surface area contributed by atoms with Crippen LogP contribution in [0.1, 0.15) is 24.0 Å². The Kier molecular flexibility index (Phi) is 4.30. The van der Waals surface area contributed by atoms with Gasteiger partial charge < -0.3 is 4.74 Å². The Morgan fingerprint density at radius 3 is 2.78 bits per heavy atom. The van der Waals surface area contributed by atoms with Crippen molar-refractivity contribution in [3.05, 3.63) is 52.1 Å². The van der Waals surface area contributed by atoms with Crippen molar-refractivity contribution in [3.63, 3.8) is 0 Å². The quantitative estimate of drug-likeness (QED) is 0.701. The van der Waals surface area contributed by atoms with E-state index < -0.39 is 9.84 Å². The SMILES string of the molecule is Cc1cc(-c2cc(CS(C)(=O)=O)ccc2OCC2CC2)n2cn[nH]c(=O)c12. The van der Waals surface area contributed by atoms with Crippen molar-refractivity contribution in [1.29, 1.82) is 0 Å². The smallest absolute Gasteiger partial charge is 0.288 e. The lowest BCUT2D eigenvalue weighted by Crippen LogP contribution is -2.12. The number of aromatic amines is 1. The van der Waals surface area contributed by atoms with Gasteiger partial charge in [-0.05, 0) is 55.0 Å². The minimum Gasteiger partial charge on any atom is -0.493 e. The summed E-state index contributed by atoms with van der Waals surface area (Å²) in [5, 5.41) is 6.34. The van der Waals surface area contributed by atoms with Crippen LogP contribution in [0.2, 0.25) is 0 Å². The molecule has 0 bridgehead atoms. The number of fused-ring (bicyclic) bond motifs is 1. The first-order valence-corrected chi connectivity index (χ1v) is 10.9. The van der Waals surface area contributed by atoms with Crippen LogP contribution in [-0.2, 0) is 15.6 Å². The Labute approximate surface area is 156 Å². The zero-order valence-corrected chi connectivity index (χ0v) is 16.0. The summed E-state index contributed by atoms with van der Waals surface area (Å²) < 4.78 is 31.2. The normalized spacial score (nSPS) is 14.6. The molecule has 0 unspecified atom stereocenters. The molecular formula is C19H21N3O4S. The van der Waals surface area contributed by atoms with Crippen LogP contribution in [0.3, 0.4) is 0 Å². The van der Waals surface area contributed by atoms with E-state index in [1.54, 1.807) is 16.8 Å². The molecule has 142 valence electrons. The van der Waals surface area contributed by atoms with E-state index in [4.69, 9.17) is 4.74 Å². The second-order valence-corrected chi connectivity index (χ2v) is 9.41. The molecule has 0 amide bonds. The molecule has 0 aliphatic heterocycles. The van der Waals surface area contributed by atoms with Gasteiger partial charge in [-0.3, -0.25) is 9.20 Å². The Morgan fingerprint density at radius 2 is 2.07 bits per heavy atom.